The van der Waals surface area contributed by atoms with Crippen molar-refractivity contribution in [2.75, 3.05) is 13.7 Å². The number of methoxy groups -OCH3 is 1. The van der Waals surface area contributed by atoms with Crippen LogP contribution in [0.1, 0.15) is 49.5 Å². The van der Waals surface area contributed by atoms with Crippen molar-refractivity contribution >= 4 is 11.9 Å². The Hall–Kier alpha value is -1.91. The second-order valence-electron chi connectivity index (χ2n) is 5.38. The summed E-state index contributed by atoms with van der Waals surface area (Å²) in [6, 6.07) is 6.00. The molecule has 1 unspecified atom stereocenters. The standard InChI is InChI=1S/C16H22N2O3/c1-12-6-3-7-13(17-12)14-8-5-11-18(14)15(19)9-4-10-16(20)21-2/h3,6-7,14H,4-5,8-11H2,1-2H3. The van der Waals surface area contributed by atoms with Crippen LogP contribution in [-0.2, 0) is 14.3 Å². The highest BCUT2D eigenvalue weighted by molar-refractivity contribution is 5.78. The number of carbonyl (C=O) groups is 2. The van der Waals surface area contributed by atoms with Gasteiger partial charge in [-0.05, 0) is 38.3 Å². The van der Waals surface area contributed by atoms with Gasteiger partial charge in [-0.1, -0.05) is 6.07 Å². The van der Waals surface area contributed by atoms with Gasteiger partial charge in [0.15, 0.2) is 0 Å². The molecule has 0 N–H and O–H groups in total. The first-order valence-electron chi connectivity index (χ1n) is 7.41. The summed E-state index contributed by atoms with van der Waals surface area (Å²) in [4.78, 5) is 29.9. The maximum atomic E-state index is 12.3. The molecule has 5 heteroatoms. The lowest BCUT2D eigenvalue weighted by molar-refractivity contribution is -0.141. The molecule has 1 aliphatic heterocycles. The molecule has 1 atom stereocenters. The van der Waals surface area contributed by atoms with Gasteiger partial charge in [0.05, 0.1) is 18.8 Å². The Bertz CT molecular complexity index is 516. The molecule has 0 aliphatic carbocycles. The average molecular weight is 290 g/mol. The maximum Gasteiger partial charge on any atom is 0.305 e. The third-order valence-electron chi connectivity index (χ3n) is 3.82. The molecule has 1 aliphatic rings. The van der Waals surface area contributed by atoms with Crippen LogP contribution in [0.2, 0.25) is 0 Å². The number of pyridine rings is 1. The molecule has 114 valence electrons. The lowest BCUT2D eigenvalue weighted by Crippen LogP contribution is -2.30. The number of hydrogen-bond donors (Lipinski definition) is 0. The Balaban J connectivity index is 1.95. The molecular weight excluding hydrogens is 268 g/mol. The zero-order valence-electron chi connectivity index (χ0n) is 12.7. The van der Waals surface area contributed by atoms with Gasteiger partial charge >= 0.3 is 5.97 Å². The zero-order valence-corrected chi connectivity index (χ0v) is 12.7. The highest BCUT2D eigenvalue weighted by atomic mass is 16.5. The number of likely N-dealkylation sites (tertiary alicyclic amines) is 1. The van der Waals surface area contributed by atoms with E-state index in [2.05, 4.69) is 9.72 Å². The molecule has 1 aromatic rings. The predicted molar refractivity (Wildman–Crippen MR) is 78.5 cm³/mol. The number of aryl methyl sites for hydroxylation is 1. The molecule has 0 radical (unpaired) electrons. The Morgan fingerprint density at radius 3 is 2.90 bits per heavy atom. The molecular formula is C16H22N2O3. The zero-order chi connectivity index (χ0) is 15.2. The van der Waals surface area contributed by atoms with Gasteiger partial charge < -0.3 is 9.64 Å². The van der Waals surface area contributed by atoms with Crippen LogP contribution >= 0.6 is 0 Å². The van der Waals surface area contributed by atoms with Crippen LogP contribution in [0, 0.1) is 6.92 Å². The molecule has 1 amide bonds. The Labute approximate surface area is 125 Å². The molecule has 1 fully saturated rings. The SMILES string of the molecule is COC(=O)CCCC(=O)N1CCCC1c1cccc(C)n1. The van der Waals surface area contributed by atoms with Crippen molar-refractivity contribution in [1.82, 2.24) is 9.88 Å². The van der Waals surface area contributed by atoms with Crippen molar-refractivity contribution < 1.29 is 14.3 Å². The molecule has 0 spiro atoms. The van der Waals surface area contributed by atoms with Gasteiger partial charge in [-0.3, -0.25) is 14.6 Å². The topological polar surface area (TPSA) is 59.5 Å². The van der Waals surface area contributed by atoms with Crippen molar-refractivity contribution in [3.8, 4) is 0 Å². The van der Waals surface area contributed by atoms with Crippen LogP contribution in [0.15, 0.2) is 18.2 Å². The van der Waals surface area contributed by atoms with Gasteiger partial charge in [0.25, 0.3) is 0 Å². The van der Waals surface area contributed by atoms with Crippen LogP contribution in [0.25, 0.3) is 0 Å². The number of ether oxygens (including phenoxy) is 1. The number of rotatable bonds is 5. The van der Waals surface area contributed by atoms with Gasteiger partial charge in [0.1, 0.15) is 0 Å². The van der Waals surface area contributed by atoms with Crippen molar-refractivity contribution in [2.24, 2.45) is 0 Å². The first-order chi connectivity index (χ1) is 10.1. The summed E-state index contributed by atoms with van der Waals surface area (Å²) in [6.45, 7) is 2.73. The fraction of sp³-hybridized carbons (Fsp3) is 0.562. The Kier molecular flexibility index (Phi) is 5.31. The van der Waals surface area contributed by atoms with Gasteiger partial charge in [0, 0.05) is 25.1 Å². The highest BCUT2D eigenvalue weighted by Gasteiger charge is 2.30. The Morgan fingerprint density at radius 1 is 1.38 bits per heavy atom. The number of nitrogens with zero attached hydrogens (tertiary/aromatic N) is 2. The third-order valence-corrected chi connectivity index (χ3v) is 3.82. The molecule has 5 nitrogen and oxygen atoms in total. The van der Waals surface area contributed by atoms with E-state index in [4.69, 9.17) is 0 Å². The monoisotopic (exact) mass is 290 g/mol. The molecule has 1 aromatic heterocycles. The molecule has 0 aromatic carbocycles. The summed E-state index contributed by atoms with van der Waals surface area (Å²) in [5.74, 6) is -0.161. The second kappa shape index (κ2) is 7.20. The summed E-state index contributed by atoms with van der Waals surface area (Å²) in [6.07, 6.45) is 3.18. The minimum absolute atomic E-state index is 0.0792. The molecule has 0 saturated carbocycles. The molecule has 1 saturated heterocycles. The van der Waals surface area contributed by atoms with E-state index in [1.54, 1.807) is 0 Å². The van der Waals surface area contributed by atoms with Gasteiger partial charge in [0.2, 0.25) is 5.91 Å². The second-order valence-corrected chi connectivity index (χ2v) is 5.38. The number of hydrogen-bond acceptors (Lipinski definition) is 4. The number of esters is 1. The molecule has 2 heterocycles. The van der Waals surface area contributed by atoms with E-state index in [-0.39, 0.29) is 17.9 Å². The van der Waals surface area contributed by atoms with E-state index in [0.29, 0.717) is 19.3 Å². The van der Waals surface area contributed by atoms with Crippen LogP contribution in [0.4, 0.5) is 0 Å². The van der Waals surface area contributed by atoms with Crippen LogP contribution < -0.4 is 0 Å². The predicted octanol–water partition coefficient (Wildman–Crippen LogP) is 2.40. The number of aromatic nitrogens is 1. The van der Waals surface area contributed by atoms with E-state index < -0.39 is 0 Å². The van der Waals surface area contributed by atoms with Crippen LogP contribution in [0.3, 0.4) is 0 Å². The summed E-state index contributed by atoms with van der Waals surface area (Å²) in [5.41, 5.74) is 1.94. The minimum Gasteiger partial charge on any atom is -0.469 e. The van der Waals surface area contributed by atoms with Gasteiger partial charge in [-0.2, -0.15) is 0 Å². The van der Waals surface area contributed by atoms with Crippen molar-refractivity contribution in [2.45, 2.75) is 45.1 Å². The van der Waals surface area contributed by atoms with Crippen molar-refractivity contribution in [3.05, 3.63) is 29.6 Å². The highest BCUT2D eigenvalue weighted by Crippen LogP contribution is 2.31. The number of amides is 1. The van der Waals surface area contributed by atoms with Crippen LogP contribution in [0.5, 0.6) is 0 Å². The fourth-order valence-electron chi connectivity index (χ4n) is 2.75. The molecule has 21 heavy (non-hydrogen) atoms. The normalized spacial score (nSPS) is 17.8. The van der Waals surface area contributed by atoms with Gasteiger partial charge in [-0.25, -0.2) is 0 Å². The van der Waals surface area contributed by atoms with Crippen molar-refractivity contribution in [3.63, 3.8) is 0 Å². The maximum absolute atomic E-state index is 12.3. The van der Waals surface area contributed by atoms with Crippen LogP contribution in [-0.4, -0.2) is 35.4 Å². The van der Waals surface area contributed by atoms with Crippen molar-refractivity contribution in [1.29, 1.82) is 0 Å². The van der Waals surface area contributed by atoms with E-state index in [9.17, 15) is 9.59 Å². The first kappa shape index (κ1) is 15.5. The summed E-state index contributed by atoms with van der Waals surface area (Å²) < 4.78 is 4.59. The summed E-state index contributed by atoms with van der Waals surface area (Å²) >= 11 is 0. The summed E-state index contributed by atoms with van der Waals surface area (Å²) in [5, 5.41) is 0. The smallest absolute Gasteiger partial charge is 0.305 e. The minimum atomic E-state index is -0.263. The van der Waals surface area contributed by atoms with E-state index in [1.165, 1.54) is 7.11 Å². The van der Waals surface area contributed by atoms with Gasteiger partial charge in [-0.15, -0.1) is 0 Å². The third kappa shape index (κ3) is 4.03. The largest absolute Gasteiger partial charge is 0.469 e. The lowest BCUT2D eigenvalue weighted by Gasteiger charge is -2.24. The number of carbonyl (C=O) groups excluding carboxylic acids is 2. The molecule has 2 rings (SSSR count). The van der Waals surface area contributed by atoms with E-state index >= 15 is 0 Å². The van der Waals surface area contributed by atoms with E-state index in [1.807, 2.05) is 30.0 Å². The fourth-order valence-corrected chi connectivity index (χ4v) is 2.75. The molecule has 0 bridgehead atoms. The Morgan fingerprint density at radius 2 is 2.19 bits per heavy atom. The van der Waals surface area contributed by atoms with E-state index in [0.717, 1.165) is 30.8 Å². The summed E-state index contributed by atoms with van der Waals surface area (Å²) in [7, 11) is 1.37. The lowest BCUT2D eigenvalue weighted by atomic mass is 10.1. The first-order valence-corrected chi connectivity index (χ1v) is 7.41. The quantitative estimate of drug-likeness (QED) is 0.781. The average Bonchev–Trinajstić information content (AvgIpc) is 2.96.